The van der Waals surface area contributed by atoms with Crippen molar-refractivity contribution in [2.24, 2.45) is 0 Å². The van der Waals surface area contributed by atoms with E-state index in [4.69, 9.17) is 21.1 Å². The summed E-state index contributed by atoms with van der Waals surface area (Å²) in [5.74, 6) is 0.907. The number of nitrogens with one attached hydrogen (secondary N) is 2. The van der Waals surface area contributed by atoms with Gasteiger partial charge in [0.05, 0.1) is 31.8 Å². The number of hydrogen-bond acceptors (Lipinski definition) is 3. The maximum absolute atomic E-state index is 12.4. The van der Waals surface area contributed by atoms with E-state index in [0.717, 1.165) is 12.1 Å². The lowest BCUT2D eigenvalue weighted by molar-refractivity contribution is -0.901. The van der Waals surface area contributed by atoms with Gasteiger partial charge < -0.3 is 19.7 Å². The van der Waals surface area contributed by atoms with Gasteiger partial charge in [0.1, 0.15) is 6.54 Å². The van der Waals surface area contributed by atoms with E-state index in [9.17, 15) is 4.79 Å². The van der Waals surface area contributed by atoms with Crippen LogP contribution >= 0.6 is 11.6 Å². The summed E-state index contributed by atoms with van der Waals surface area (Å²) >= 11 is 6.29. The molecule has 1 aliphatic heterocycles. The van der Waals surface area contributed by atoms with E-state index in [1.807, 2.05) is 13.0 Å². The molecule has 0 bridgehead atoms. The molecule has 0 saturated carbocycles. The average molecular weight is 430 g/mol. The lowest BCUT2D eigenvalue weighted by Crippen LogP contribution is -3.08. The van der Waals surface area contributed by atoms with Crippen LogP contribution < -0.4 is 19.7 Å². The molecule has 0 aromatic heterocycles. The topological polar surface area (TPSA) is 52.0 Å². The second-order valence-electron chi connectivity index (χ2n) is 7.42. The number of quaternary nitrogens is 1. The van der Waals surface area contributed by atoms with Crippen molar-refractivity contribution in [3.05, 3.63) is 64.2 Å². The van der Waals surface area contributed by atoms with Crippen LogP contribution in [-0.4, -0.2) is 32.7 Å². The second kappa shape index (κ2) is 11.0. The number of methoxy groups -OCH3 is 1. The van der Waals surface area contributed by atoms with Crippen molar-refractivity contribution in [2.75, 3.05) is 26.8 Å². The van der Waals surface area contributed by atoms with E-state index in [2.05, 4.69) is 23.5 Å². The summed E-state index contributed by atoms with van der Waals surface area (Å²) in [5.41, 5.74) is 3.25. The molecule has 1 amide bonds. The van der Waals surface area contributed by atoms with Crippen molar-refractivity contribution in [1.82, 2.24) is 5.32 Å². The molecule has 1 saturated heterocycles. The average Bonchev–Trinajstić information content (AvgIpc) is 3.26. The number of rotatable bonds is 9. The first-order valence-electron chi connectivity index (χ1n) is 10.5. The fourth-order valence-electron chi connectivity index (χ4n) is 3.76. The number of ether oxygens (including phenoxy) is 2. The number of amides is 1. The molecule has 2 N–H and O–H groups in total. The zero-order chi connectivity index (χ0) is 21.3. The van der Waals surface area contributed by atoms with Gasteiger partial charge >= 0.3 is 0 Å². The minimum Gasteiger partial charge on any atom is -0.493 e. The summed E-state index contributed by atoms with van der Waals surface area (Å²) < 4.78 is 10.9. The largest absolute Gasteiger partial charge is 0.493 e. The molecule has 0 spiro atoms. The van der Waals surface area contributed by atoms with Crippen LogP contribution in [0.2, 0.25) is 5.02 Å². The molecule has 0 aliphatic carbocycles. The summed E-state index contributed by atoms with van der Waals surface area (Å²) in [6.07, 6.45) is 5.85. The minimum absolute atomic E-state index is 0.151. The lowest BCUT2D eigenvalue weighted by atomic mass is 10.1. The molecule has 2 aromatic carbocycles. The summed E-state index contributed by atoms with van der Waals surface area (Å²) in [6, 6.07) is 11.9. The van der Waals surface area contributed by atoms with Crippen LogP contribution in [-0.2, 0) is 17.9 Å². The molecule has 1 fully saturated rings. The second-order valence-corrected chi connectivity index (χ2v) is 7.83. The van der Waals surface area contributed by atoms with Crippen LogP contribution in [0.5, 0.6) is 11.5 Å². The van der Waals surface area contributed by atoms with Crippen LogP contribution in [0.1, 0.15) is 36.5 Å². The molecular weight excluding hydrogens is 400 g/mol. The van der Waals surface area contributed by atoms with Gasteiger partial charge in [0, 0.05) is 31.0 Å². The Kier molecular flexibility index (Phi) is 8.17. The predicted octanol–water partition coefficient (Wildman–Crippen LogP) is 3.26. The summed E-state index contributed by atoms with van der Waals surface area (Å²) in [5, 5.41) is 3.44. The highest BCUT2D eigenvalue weighted by Crippen LogP contribution is 2.36. The zero-order valence-corrected chi connectivity index (χ0v) is 18.4. The summed E-state index contributed by atoms with van der Waals surface area (Å²) in [7, 11) is 1.57. The number of carbonyl (C=O) groups is 1. The van der Waals surface area contributed by atoms with Crippen molar-refractivity contribution in [3.8, 4) is 11.5 Å². The van der Waals surface area contributed by atoms with Crippen molar-refractivity contribution < 1.29 is 19.2 Å². The smallest absolute Gasteiger partial charge is 0.244 e. The van der Waals surface area contributed by atoms with Crippen molar-refractivity contribution >= 4 is 23.6 Å². The highest BCUT2D eigenvalue weighted by molar-refractivity contribution is 6.32. The minimum atomic E-state index is -0.151. The number of halogens is 1. The van der Waals surface area contributed by atoms with Gasteiger partial charge in [-0.3, -0.25) is 4.79 Å². The molecule has 0 radical (unpaired) electrons. The Morgan fingerprint density at radius 3 is 2.63 bits per heavy atom. The fraction of sp³-hybridized carbons (Fsp3) is 0.375. The fourth-order valence-corrected chi connectivity index (χ4v) is 4.03. The number of hydrogen-bond donors (Lipinski definition) is 2. The van der Waals surface area contributed by atoms with Gasteiger partial charge in [-0.25, -0.2) is 0 Å². The van der Waals surface area contributed by atoms with Crippen molar-refractivity contribution in [1.29, 1.82) is 0 Å². The Bertz CT molecular complexity index is 892. The van der Waals surface area contributed by atoms with Gasteiger partial charge in [0.25, 0.3) is 0 Å². The Morgan fingerprint density at radius 1 is 1.20 bits per heavy atom. The third-order valence-electron chi connectivity index (χ3n) is 5.29. The van der Waals surface area contributed by atoms with E-state index < -0.39 is 0 Å². The Labute approximate surface area is 183 Å². The first kappa shape index (κ1) is 22.2. The predicted molar refractivity (Wildman–Crippen MR) is 120 cm³/mol. The van der Waals surface area contributed by atoms with Gasteiger partial charge in [0.15, 0.2) is 11.5 Å². The third kappa shape index (κ3) is 6.00. The molecule has 3 rings (SSSR count). The maximum atomic E-state index is 12.4. The standard InChI is InChI=1S/C24H29ClN2O3/c1-3-30-24-21(25)14-18(15-22(24)29-2)10-11-23(28)26-16-19-8-4-5-9-20(19)17-27-12-6-7-13-27/h4-5,8-11,14-15H,3,6-7,12-13,16-17H2,1-2H3,(H,26,28)/p+1/b11-10+. The van der Waals surface area contributed by atoms with Gasteiger partial charge in [-0.15, -0.1) is 0 Å². The van der Waals surface area contributed by atoms with Gasteiger partial charge in [-0.05, 0) is 36.3 Å². The van der Waals surface area contributed by atoms with Gasteiger partial charge in [-0.2, -0.15) is 0 Å². The highest BCUT2D eigenvalue weighted by Gasteiger charge is 2.17. The number of benzene rings is 2. The first-order chi connectivity index (χ1) is 14.6. The molecule has 0 atom stereocenters. The molecule has 0 unspecified atom stereocenters. The summed E-state index contributed by atoms with van der Waals surface area (Å²) in [6.45, 7) is 6.38. The van der Waals surface area contributed by atoms with Gasteiger partial charge in [0.2, 0.25) is 5.91 Å². The SMILES string of the molecule is CCOc1c(Cl)cc(/C=C/C(=O)NCc2ccccc2C[NH+]2CCCC2)cc1OC. The van der Waals surface area contributed by atoms with E-state index in [-0.39, 0.29) is 5.91 Å². The molecule has 1 aliphatic rings. The quantitative estimate of drug-likeness (QED) is 0.601. The van der Waals surface area contributed by atoms with Gasteiger partial charge in [-0.1, -0.05) is 35.9 Å². The first-order valence-corrected chi connectivity index (χ1v) is 10.8. The molecule has 160 valence electrons. The molecule has 5 nitrogen and oxygen atoms in total. The van der Waals surface area contributed by atoms with E-state index in [1.165, 1.54) is 43.1 Å². The normalized spacial score (nSPS) is 14.2. The van der Waals surface area contributed by atoms with Crippen LogP contribution in [0.4, 0.5) is 0 Å². The molecule has 2 aromatic rings. The molecule has 30 heavy (non-hydrogen) atoms. The molecule has 1 heterocycles. The van der Waals surface area contributed by atoms with Crippen molar-refractivity contribution in [3.63, 3.8) is 0 Å². The third-order valence-corrected chi connectivity index (χ3v) is 5.57. The van der Waals surface area contributed by atoms with Crippen LogP contribution in [0, 0.1) is 0 Å². The highest BCUT2D eigenvalue weighted by atomic mass is 35.5. The molecular formula is C24H30ClN2O3+. The van der Waals surface area contributed by atoms with Crippen LogP contribution in [0.25, 0.3) is 6.08 Å². The van der Waals surface area contributed by atoms with E-state index >= 15 is 0 Å². The monoisotopic (exact) mass is 429 g/mol. The Hall–Kier alpha value is -2.50. The lowest BCUT2D eigenvalue weighted by Gasteiger charge is -2.15. The van der Waals surface area contributed by atoms with Crippen molar-refractivity contribution in [2.45, 2.75) is 32.9 Å². The zero-order valence-electron chi connectivity index (χ0n) is 17.7. The maximum Gasteiger partial charge on any atom is 0.244 e. The summed E-state index contributed by atoms with van der Waals surface area (Å²) in [4.78, 5) is 14.0. The Balaban J connectivity index is 1.61. The Morgan fingerprint density at radius 2 is 1.93 bits per heavy atom. The number of carbonyl (C=O) groups excluding carboxylic acids is 1. The van der Waals surface area contributed by atoms with Crippen LogP contribution in [0.3, 0.4) is 0 Å². The van der Waals surface area contributed by atoms with Crippen LogP contribution in [0.15, 0.2) is 42.5 Å². The molecule has 6 heteroatoms. The van der Waals surface area contributed by atoms with E-state index in [1.54, 1.807) is 30.2 Å². The van der Waals surface area contributed by atoms with E-state index in [0.29, 0.717) is 29.7 Å². The number of likely N-dealkylation sites (tertiary alicyclic amines) is 1.